The molecule has 4 nitrogen and oxygen atoms in total. The van der Waals surface area contributed by atoms with E-state index < -0.39 is 0 Å². The van der Waals surface area contributed by atoms with E-state index in [2.05, 4.69) is 10.4 Å². The van der Waals surface area contributed by atoms with E-state index in [-0.39, 0.29) is 5.91 Å². The molecule has 0 fully saturated rings. The first kappa shape index (κ1) is 16.0. The van der Waals surface area contributed by atoms with Gasteiger partial charge < -0.3 is 5.32 Å². The molecule has 0 atom stereocenters. The highest BCUT2D eigenvalue weighted by atomic mass is 16.1. The molecular formula is C20H21N3O. The molecule has 4 heteroatoms. The second-order valence-corrected chi connectivity index (χ2v) is 6.11. The quantitative estimate of drug-likeness (QED) is 0.780. The number of aryl methyl sites for hydroxylation is 4. The van der Waals surface area contributed by atoms with E-state index >= 15 is 0 Å². The van der Waals surface area contributed by atoms with E-state index in [0.717, 1.165) is 33.9 Å². The molecule has 0 spiro atoms. The van der Waals surface area contributed by atoms with Crippen molar-refractivity contribution in [2.24, 2.45) is 0 Å². The van der Waals surface area contributed by atoms with Crippen molar-refractivity contribution in [3.63, 3.8) is 0 Å². The highest BCUT2D eigenvalue weighted by Crippen LogP contribution is 2.21. The van der Waals surface area contributed by atoms with Crippen LogP contribution in [0.3, 0.4) is 0 Å². The number of nitrogens with one attached hydrogen (secondary N) is 1. The molecule has 0 aliphatic rings. The maximum absolute atomic E-state index is 12.5. The summed E-state index contributed by atoms with van der Waals surface area (Å²) in [4.78, 5) is 12.5. The SMILES string of the molecule is Cc1cc(C)n(-c2ccc(C(=O)Nc3c(C)cccc3C)cc2)n1. The van der Waals surface area contributed by atoms with E-state index in [4.69, 9.17) is 0 Å². The molecule has 3 aromatic rings. The Morgan fingerprint density at radius 1 is 0.958 bits per heavy atom. The summed E-state index contributed by atoms with van der Waals surface area (Å²) in [5.41, 5.74) is 6.62. The first-order valence-electron chi connectivity index (χ1n) is 7.97. The summed E-state index contributed by atoms with van der Waals surface area (Å²) in [5, 5.41) is 7.47. The number of amides is 1. The third-order valence-electron chi connectivity index (χ3n) is 4.10. The molecule has 0 aliphatic carbocycles. The number of carbonyl (C=O) groups is 1. The first-order chi connectivity index (χ1) is 11.5. The molecule has 0 unspecified atom stereocenters. The van der Waals surface area contributed by atoms with Gasteiger partial charge in [-0.25, -0.2) is 4.68 Å². The average molecular weight is 319 g/mol. The second kappa shape index (κ2) is 6.32. The van der Waals surface area contributed by atoms with Gasteiger partial charge in [0.2, 0.25) is 0 Å². The summed E-state index contributed by atoms with van der Waals surface area (Å²) >= 11 is 0. The Morgan fingerprint density at radius 3 is 2.12 bits per heavy atom. The highest BCUT2D eigenvalue weighted by molar-refractivity contribution is 6.05. The Labute approximate surface area is 142 Å². The molecule has 0 radical (unpaired) electrons. The predicted octanol–water partition coefficient (Wildman–Crippen LogP) is 4.36. The van der Waals surface area contributed by atoms with Gasteiger partial charge in [-0.3, -0.25) is 4.79 Å². The maximum atomic E-state index is 12.5. The molecule has 1 heterocycles. The van der Waals surface area contributed by atoms with Crippen molar-refractivity contribution in [2.75, 3.05) is 5.32 Å². The number of nitrogens with zero attached hydrogens (tertiary/aromatic N) is 2. The fraction of sp³-hybridized carbons (Fsp3) is 0.200. The van der Waals surface area contributed by atoms with Gasteiger partial charge in [-0.15, -0.1) is 0 Å². The van der Waals surface area contributed by atoms with Crippen molar-refractivity contribution in [1.29, 1.82) is 0 Å². The molecule has 3 rings (SSSR count). The van der Waals surface area contributed by atoms with Gasteiger partial charge in [0.15, 0.2) is 0 Å². The molecule has 2 aromatic carbocycles. The number of hydrogen-bond donors (Lipinski definition) is 1. The lowest BCUT2D eigenvalue weighted by atomic mass is 10.1. The molecule has 24 heavy (non-hydrogen) atoms. The van der Waals surface area contributed by atoms with Crippen LogP contribution in [0.2, 0.25) is 0 Å². The number of benzene rings is 2. The number of aromatic nitrogens is 2. The molecular weight excluding hydrogens is 298 g/mol. The minimum absolute atomic E-state index is 0.104. The van der Waals surface area contributed by atoms with E-state index in [0.29, 0.717) is 5.56 Å². The molecule has 1 aromatic heterocycles. The Balaban J connectivity index is 1.83. The number of anilines is 1. The summed E-state index contributed by atoms with van der Waals surface area (Å²) in [7, 11) is 0. The van der Waals surface area contributed by atoms with Crippen LogP contribution >= 0.6 is 0 Å². The normalized spacial score (nSPS) is 10.7. The minimum atomic E-state index is -0.104. The van der Waals surface area contributed by atoms with Crippen molar-refractivity contribution in [3.8, 4) is 5.69 Å². The Kier molecular flexibility index (Phi) is 4.21. The smallest absolute Gasteiger partial charge is 0.255 e. The van der Waals surface area contributed by atoms with Crippen LogP contribution in [0.4, 0.5) is 5.69 Å². The summed E-state index contributed by atoms with van der Waals surface area (Å²) in [6.45, 7) is 7.97. The monoisotopic (exact) mass is 319 g/mol. The van der Waals surface area contributed by atoms with Crippen molar-refractivity contribution >= 4 is 11.6 Å². The van der Waals surface area contributed by atoms with E-state index in [1.165, 1.54) is 0 Å². The van der Waals surface area contributed by atoms with Gasteiger partial charge in [0.1, 0.15) is 0 Å². The molecule has 122 valence electrons. The lowest BCUT2D eigenvalue weighted by molar-refractivity contribution is 0.102. The number of rotatable bonds is 3. The van der Waals surface area contributed by atoms with Crippen LogP contribution in [0.15, 0.2) is 48.5 Å². The standard InChI is InChI=1S/C20H21N3O/c1-13-6-5-7-14(2)19(13)21-20(24)17-8-10-18(11-9-17)23-16(4)12-15(3)22-23/h5-12H,1-4H3,(H,21,24). The van der Waals surface area contributed by atoms with Gasteiger partial charge in [0.05, 0.1) is 11.4 Å². The summed E-state index contributed by atoms with van der Waals surface area (Å²) < 4.78 is 1.88. The zero-order chi connectivity index (χ0) is 17.3. The molecule has 1 amide bonds. The van der Waals surface area contributed by atoms with Crippen LogP contribution in [-0.4, -0.2) is 15.7 Å². The van der Waals surface area contributed by atoms with Crippen LogP contribution in [0.5, 0.6) is 0 Å². The van der Waals surface area contributed by atoms with Crippen LogP contribution in [0.25, 0.3) is 5.69 Å². The number of hydrogen-bond acceptors (Lipinski definition) is 2. The Hall–Kier alpha value is -2.88. The van der Waals surface area contributed by atoms with Gasteiger partial charge in [0.25, 0.3) is 5.91 Å². The number of carbonyl (C=O) groups excluding carboxylic acids is 1. The van der Waals surface area contributed by atoms with E-state index in [9.17, 15) is 4.79 Å². The van der Waals surface area contributed by atoms with E-state index in [1.807, 2.05) is 80.9 Å². The zero-order valence-electron chi connectivity index (χ0n) is 14.4. The minimum Gasteiger partial charge on any atom is -0.322 e. The third kappa shape index (κ3) is 3.08. The van der Waals surface area contributed by atoms with E-state index in [1.54, 1.807) is 0 Å². The van der Waals surface area contributed by atoms with Crippen molar-refractivity contribution in [3.05, 3.63) is 76.6 Å². The average Bonchev–Trinajstić information content (AvgIpc) is 2.89. The fourth-order valence-electron chi connectivity index (χ4n) is 2.84. The predicted molar refractivity (Wildman–Crippen MR) is 96.9 cm³/mol. The lowest BCUT2D eigenvalue weighted by Gasteiger charge is -2.12. The topological polar surface area (TPSA) is 46.9 Å². The lowest BCUT2D eigenvalue weighted by Crippen LogP contribution is -2.14. The number of para-hydroxylation sites is 1. The second-order valence-electron chi connectivity index (χ2n) is 6.11. The fourth-order valence-corrected chi connectivity index (χ4v) is 2.84. The largest absolute Gasteiger partial charge is 0.322 e. The van der Waals surface area contributed by atoms with Crippen molar-refractivity contribution < 1.29 is 4.79 Å². The molecule has 1 N–H and O–H groups in total. The van der Waals surface area contributed by atoms with Crippen LogP contribution in [0, 0.1) is 27.7 Å². The van der Waals surface area contributed by atoms with Crippen molar-refractivity contribution in [1.82, 2.24) is 9.78 Å². The van der Waals surface area contributed by atoms with Crippen molar-refractivity contribution in [2.45, 2.75) is 27.7 Å². The van der Waals surface area contributed by atoms with Crippen LogP contribution < -0.4 is 5.32 Å². The molecule has 0 bridgehead atoms. The van der Waals surface area contributed by atoms with Gasteiger partial charge >= 0.3 is 0 Å². The summed E-state index contributed by atoms with van der Waals surface area (Å²) in [6, 6.07) is 15.5. The van der Waals surface area contributed by atoms with Gasteiger partial charge in [-0.2, -0.15) is 5.10 Å². The maximum Gasteiger partial charge on any atom is 0.255 e. The van der Waals surface area contributed by atoms with Gasteiger partial charge in [-0.1, -0.05) is 18.2 Å². The van der Waals surface area contributed by atoms with Crippen LogP contribution in [-0.2, 0) is 0 Å². The molecule has 0 saturated heterocycles. The first-order valence-corrected chi connectivity index (χ1v) is 7.97. The Morgan fingerprint density at radius 2 is 1.58 bits per heavy atom. The summed E-state index contributed by atoms with van der Waals surface area (Å²) in [5.74, 6) is -0.104. The zero-order valence-corrected chi connectivity index (χ0v) is 14.4. The molecule has 0 saturated carbocycles. The summed E-state index contributed by atoms with van der Waals surface area (Å²) in [6.07, 6.45) is 0. The van der Waals surface area contributed by atoms with Crippen LogP contribution in [0.1, 0.15) is 32.9 Å². The molecule has 0 aliphatic heterocycles. The third-order valence-corrected chi connectivity index (χ3v) is 4.10. The van der Waals surface area contributed by atoms with Gasteiger partial charge in [-0.05, 0) is 69.2 Å². The highest BCUT2D eigenvalue weighted by Gasteiger charge is 2.10. The Bertz CT molecular complexity index is 871. The van der Waals surface area contributed by atoms with Gasteiger partial charge in [0, 0.05) is 16.9 Å².